The molecule has 2 rings (SSSR count). The second kappa shape index (κ2) is 6.55. The van der Waals surface area contributed by atoms with Gasteiger partial charge < -0.3 is 10.5 Å². The summed E-state index contributed by atoms with van der Waals surface area (Å²) in [5, 5.41) is 0.123. The first-order valence-corrected chi connectivity index (χ1v) is 6.40. The highest BCUT2D eigenvalue weighted by Crippen LogP contribution is 2.16. The summed E-state index contributed by atoms with van der Waals surface area (Å²) in [7, 11) is 0. The van der Waals surface area contributed by atoms with Gasteiger partial charge in [-0.1, -0.05) is 35.9 Å². The lowest BCUT2D eigenvalue weighted by atomic mass is 10.1. The van der Waals surface area contributed by atoms with Crippen molar-refractivity contribution >= 4 is 11.6 Å². The van der Waals surface area contributed by atoms with Gasteiger partial charge in [-0.05, 0) is 36.2 Å². The number of halogens is 2. The number of hydrogen-bond acceptors (Lipinski definition) is 2. The van der Waals surface area contributed by atoms with Crippen LogP contribution in [0.2, 0.25) is 5.02 Å². The van der Waals surface area contributed by atoms with E-state index in [1.165, 1.54) is 12.1 Å². The molecular formula is C15H15ClFNO. The lowest BCUT2D eigenvalue weighted by molar-refractivity contribution is 0.287. The number of rotatable bonds is 5. The summed E-state index contributed by atoms with van der Waals surface area (Å²) in [6.07, 6.45) is 0.543. The first-order valence-electron chi connectivity index (χ1n) is 6.02. The Hall–Kier alpha value is -1.58. The van der Waals surface area contributed by atoms with Crippen LogP contribution >= 0.6 is 11.6 Å². The van der Waals surface area contributed by atoms with E-state index in [0.717, 1.165) is 11.3 Å². The smallest absolute Gasteiger partial charge is 0.142 e. The molecule has 0 aliphatic carbocycles. The molecule has 19 heavy (non-hydrogen) atoms. The van der Waals surface area contributed by atoms with Crippen LogP contribution in [0.15, 0.2) is 48.5 Å². The minimum absolute atomic E-state index is 0.123. The normalized spacial score (nSPS) is 12.2. The Morgan fingerprint density at radius 2 is 1.89 bits per heavy atom. The fourth-order valence-electron chi connectivity index (χ4n) is 1.75. The Bertz CT molecular complexity index is 533. The van der Waals surface area contributed by atoms with E-state index in [9.17, 15) is 4.39 Å². The van der Waals surface area contributed by atoms with Crippen LogP contribution in [0, 0.1) is 5.82 Å². The summed E-state index contributed by atoms with van der Waals surface area (Å²) >= 11 is 5.63. The van der Waals surface area contributed by atoms with E-state index in [0.29, 0.717) is 13.0 Å². The van der Waals surface area contributed by atoms with E-state index in [4.69, 9.17) is 22.1 Å². The highest BCUT2D eigenvalue weighted by atomic mass is 35.5. The van der Waals surface area contributed by atoms with Crippen molar-refractivity contribution in [1.29, 1.82) is 0 Å². The maximum Gasteiger partial charge on any atom is 0.142 e. The third kappa shape index (κ3) is 4.23. The van der Waals surface area contributed by atoms with Crippen molar-refractivity contribution in [2.75, 3.05) is 6.61 Å². The molecule has 4 heteroatoms. The van der Waals surface area contributed by atoms with E-state index in [-0.39, 0.29) is 11.1 Å². The van der Waals surface area contributed by atoms with Crippen LogP contribution in [0.4, 0.5) is 4.39 Å². The van der Waals surface area contributed by atoms with Gasteiger partial charge in [0.25, 0.3) is 0 Å². The van der Waals surface area contributed by atoms with E-state index in [1.54, 1.807) is 6.07 Å². The van der Waals surface area contributed by atoms with E-state index in [1.807, 2.05) is 30.3 Å². The van der Waals surface area contributed by atoms with Gasteiger partial charge >= 0.3 is 0 Å². The van der Waals surface area contributed by atoms with Crippen LogP contribution in [0.1, 0.15) is 5.56 Å². The molecular weight excluding hydrogens is 265 g/mol. The lowest BCUT2D eigenvalue weighted by Crippen LogP contribution is -2.30. The van der Waals surface area contributed by atoms with Crippen molar-refractivity contribution in [3.8, 4) is 5.75 Å². The lowest BCUT2D eigenvalue weighted by Gasteiger charge is -2.13. The molecule has 100 valence electrons. The molecule has 1 atom stereocenters. The zero-order valence-corrected chi connectivity index (χ0v) is 11.1. The van der Waals surface area contributed by atoms with Crippen molar-refractivity contribution in [1.82, 2.24) is 0 Å². The van der Waals surface area contributed by atoms with Crippen molar-refractivity contribution in [3.63, 3.8) is 0 Å². The molecule has 0 saturated heterocycles. The molecule has 0 aliphatic heterocycles. The van der Waals surface area contributed by atoms with Gasteiger partial charge in [-0.15, -0.1) is 0 Å². The predicted octanol–water partition coefficient (Wildman–Crippen LogP) is 3.43. The summed E-state index contributed by atoms with van der Waals surface area (Å²) in [4.78, 5) is 0. The molecule has 1 unspecified atom stereocenters. The summed E-state index contributed by atoms with van der Waals surface area (Å²) in [6, 6.07) is 14.0. The van der Waals surface area contributed by atoms with Crippen LogP contribution in [0.3, 0.4) is 0 Å². The highest BCUT2D eigenvalue weighted by molar-refractivity contribution is 6.30. The molecule has 0 radical (unpaired) electrons. The predicted molar refractivity (Wildman–Crippen MR) is 75.0 cm³/mol. The van der Waals surface area contributed by atoms with Gasteiger partial charge in [0.1, 0.15) is 18.2 Å². The summed E-state index contributed by atoms with van der Waals surface area (Å²) in [5.74, 6) is 0.357. The van der Waals surface area contributed by atoms with Gasteiger partial charge in [-0.3, -0.25) is 0 Å². The Kier molecular flexibility index (Phi) is 4.77. The molecule has 2 aromatic carbocycles. The molecule has 2 aromatic rings. The topological polar surface area (TPSA) is 35.2 Å². The maximum absolute atomic E-state index is 13.3. The van der Waals surface area contributed by atoms with Crippen LogP contribution in [-0.4, -0.2) is 12.6 Å². The molecule has 0 aliphatic rings. The average Bonchev–Trinajstić information content (AvgIpc) is 2.42. The highest BCUT2D eigenvalue weighted by Gasteiger charge is 2.07. The van der Waals surface area contributed by atoms with Gasteiger partial charge in [0.2, 0.25) is 0 Å². The molecule has 0 aromatic heterocycles. The number of para-hydroxylation sites is 1. The van der Waals surface area contributed by atoms with Crippen molar-refractivity contribution in [2.24, 2.45) is 5.73 Å². The van der Waals surface area contributed by atoms with Gasteiger partial charge in [-0.25, -0.2) is 4.39 Å². The van der Waals surface area contributed by atoms with Crippen LogP contribution < -0.4 is 10.5 Å². The molecule has 0 bridgehead atoms. The summed E-state index contributed by atoms with van der Waals surface area (Å²) in [6.45, 7) is 0.383. The molecule has 0 heterocycles. The van der Waals surface area contributed by atoms with Crippen LogP contribution in [-0.2, 0) is 6.42 Å². The molecule has 0 amide bonds. The van der Waals surface area contributed by atoms with Gasteiger partial charge in [0.15, 0.2) is 0 Å². The Morgan fingerprint density at radius 1 is 1.16 bits per heavy atom. The Morgan fingerprint density at radius 3 is 2.58 bits per heavy atom. The third-order valence-electron chi connectivity index (χ3n) is 2.69. The zero-order valence-electron chi connectivity index (χ0n) is 10.4. The monoisotopic (exact) mass is 279 g/mol. The summed E-state index contributed by atoms with van der Waals surface area (Å²) in [5.41, 5.74) is 6.77. The van der Waals surface area contributed by atoms with Gasteiger partial charge in [-0.2, -0.15) is 0 Å². The van der Waals surface area contributed by atoms with Gasteiger partial charge in [0, 0.05) is 6.04 Å². The van der Waals surface area contributed by atoms with E-state index < -0.39 is 5.82 Å². The molecule has 2 N–H and O–H groups in total. The minimum Gasteiger partial charge on any atom is -0.492 e. The van der Waals surface area contributed by atoms with Crippen LogP contribution in [0.25, 0.3) is 0 Å². The average molecular weight is 280 g/mol. The summed E-state index contributed by atoms with van der Waals surface area (Å²) < 4.78 is 18.8. The largest absolute Gasteiger partial charge is 0.492 e. The molecule has 0 fully saturated rings. The van der Waals surface area contributed by atoms with Crippen molar-refractivity contribution in [3.05, 3.63) is 64.9 Å². The van der Waals surface area contributed by atoms with Gasteiger partial charge in [0.05, 0.1) is 5.02 Å². The number of hydrogen-bond donors (Lipinski definition) is 1. The van der Waals surface area contributed by atoms with E-state index >= 15 is 0 Å². The molecule has 0 spiro atoms. The first kappa shape index (κ1) is 13.8. The fourth-order valence-corrected chi connectivity index (χ4v) is 1.87. The second-order valence-electron chi connectivity index (χ2n) is 4.34. The zero-order chi connectivity index (χ0) is 13.7. The third-order valence-corrected chi connectivity index (χ3v) is 3.00. The standard InChI is InChI=1S/C15H15ClFNO/c16-14-7-6-11(9-15(14)17)8-12(18)10-19-13-4-2-1-3-5-13/h1-7,9,12H,8,10,18H2. The quantitative estimate of drug-likeness (QED) is 0.910. The maximum atomic E-state index is 13.3. The Labute approximate surface area is 117 Å². The molecule has 0 saturated carbocycles. The van der Waals surface area contributed by atoms with E-state index in [2.05, 4.69) is 0 Å². The van der Waals surface area contributed by atoms with Crippen LogP contribution in [0.5, 0.6) is 5.75 Å². The Balaban J connectivity index is 1.87. The van der Waals surface area contributed by atoms with Crippen molar-refractivity contribution < 1.29 is 9.13 Å². The number of nitrogens with two attached hydrogens (primary N) is 1. The SMILES string of the molecule is NC(COc1ccccc1)Cc1ccc(Cl)c(F)c1. The van der Waals surface area contributed by atoms with Crippen molar-refractivity contribution in [2.45, 2.75) is 12.5 Å². The number of ether oxygens (including phenoxy) is 1. The second-order valence-corrected chi connectivity index (χ2v) is 4.74. The number of benzene rings is 2. The molecule has 2 nitrogen and oxygen atoms in total. The fraction of sp³-hybridized carbons (Fsp3) is 0.200. The minimum atomic E-state index is -0.421. The first-order chi connectivity index (χ1) is 9.15.